The zero-order valence-corrected chi connectivity index (χ0v) is 9.76. The molecule has 5 heteroatoms. The molecule has 0 aromatic heterocycles. The zero-order chi connectivity index (χ0) is 10.8. The van der Waals surface area contributed by atoms with Gasteiger partial charge in [-0.1, -0.05) is 20.8 Å². The number of rotatable bonds is 5. The Morgan fingerprint density at radius 3 is 2.43 bits per heavy atom. The maximum absolute atomic E-state index is 11.3. The van der Waals surface area contributed by atoms with E-state index in [1.54, 1.807) is 0 Å². The maximum Gasteiger partial charge on any atom is 0.267 e. The Morgan fingerprint density at radius 2 is 2.00 bits per heavy atom. The molecule has 0 aliphatic carbocycles. The van der Waals surface area contributed by atoms with E-state index in [2.05, 4.69) is 0 Å². The van der Waals surface area contributed by atoms with Gasteiger partial charge in [-0.25, -0.2) is 0 Å². The summed E-state index contributed by atoms with van der Waals surface area (Å²) in [6, 6.07) is 0. The van der Waals surface area contributed by atoms with Crippen LogP contribution in [0, 0.1) is 5.41 Å². The fraction of sp³-hybridized carbons (Fsp3) is 1.00. The van der Waals surface area contributed by atoms with Crippen molar-refractivity contribution in [3.8, 4) is 0 Å². The van der Waals surface area contributed by atoms with Crippen molar-refractivity contribution in [3.05, 3.63) is 0 Å². The fourth-order valence-electron chi connectivity index (χ4n) is 0.836. The standard InChI is InChI=1S/C9H18O4S/c1-9(2,3)7-13-14(10,11)5-4-8-6-12-8/h8H,4-7H2,1-3H3. The van der Waals surface area contributed by atoms with Crippen molar-refractivity contribution in [1.82, 2.24) is 0 Å². The molecule has 1 heterocycles. The number of hydrogen-bond acceptors (Lipinski definition) is 4. The highest BCUT2D eigenvalue weighted by Gasteiger charge is 2.26. The van der Waals surface area contributed by atoms with Crippen LogP contribution in [0.1, 0.15) is 27.2 Å². The Balaban J connectivity index is 2.25. The van der Waals surface area contributed by atoms with Crippen LogP contribution in [0.4, 0.5) is 0 Å². The summed E-state index contributed by atoms with van der Waals surface area (Å²) in [6.07, 6.45) is 0.690. The molecule has 1 fully saturated rings. The molecule has 1 aliphatic rings. The topological polar surface area (TPSA) is 55.9 Å². The van der Waals surface area contributed by atoms with Gasteiger partial charge in [0.15, 0.2) is 0 Å². The molecule has 1 aliphatic heterocycles. The maximum atomic E-state index is 11.3. The minimum Gasteiger partial charge on any atom is -0.373 e. The third kappa shape index (κ3) is 5.57. The van der Waals surface area contributed by atoms with Crippen molar-refractivity contribution in [2.75, 3.05) is 19.0 Å². The SMILES string of the molecule is CC(C)(C)COS(=O)(=O)CCC1CO1. The predicted octanol–water partition coefficient (Wildman–Crippen LogP) is 1.17. The summed E-state index contributed by atoms with van der Waals surface area (Å²) in [4.78, 5) is 0. The molecule has 0 radical (unpaired) electrons. The van der Waals surface area contributed by atoms with Crippen LogP contribution in [0.3, 0.4) is 0 Å². The van der Waals surface area contributed by atoms with Gasteiger partial charge in [0, 0.05) is 0 Å². The molecule has 0 saturated carbocycles. The van der Waals surface area contributed by atoms with Gasteiger partial charge >= 0.3 is 0 Å². The van der Waals surface area contributed by atoms with Gasteiger partial charge in [-0.3, -0.25) is 4.18 Å². The molecule has 1 unspecified atom stereocenters. The third-order valence-electron chi connectivity index (χ3n) is 1.76. The van der Waals surface area contributed by atoms with Gasteiger partial charge in [0.1, 0.15) is 0 Å². The van der Waals surface area contributed by atoms with Gasteiger partial charge in [-0.05, 0) is 11.8 Å². The highest BCUT2D eigenvalue weighted by Crippen LogP contribution is 2.17. The van der Waals surface area contributed by atoms with Gasteiger partial charge < -0.3 is 4.74 Å². The van der Waals surface area contributed by atoms with Crippen LogP contribution < -0.4 is 0 Å². The minimum absolute atomic E-state index is 0.0632. The lowest BCUT2D eigenvalue weighted by molar-refractivity contribution is 0.203. The molecule has 0 aromatic carbocycles. The van der Waals surface area contributed by atoms with Gasteiger partial charge in [0.25, 0.3) is 10.1 Å². The van der Waals surface area contributed by atoms with E-state index in [1.165, 1.54) is 0 Å². The zero-order valence-electron chi connectivity index (χ0n) is 8.95. The molecular formula is C9H18O4S. The summed E-state index contributed by atoms with van der Waals surface area (Å²) >= 11 is 0. The Morgan fingerprint density at radius 1 is 1.43 bits per heavy atom. The highest BCUT2D eigenvalue weighted by molar-refractivity contribution is 7.86. The second kappa shape index (κ2) is 4.16. The van der Waals surface area contributed by atoms with Crippen molar-refractivity contribution >= 4 is 10.1 Å². The Kier molecular flexibility index (Phi) is 3.55. The molecule has 0 aromatic rings. The summed E-state index contributed by atoms with van der Waals surface area (Å²) in [7, 11) is -3.35. The van der Waals surface area contributed by atoms with E-state index >= 15 is 0 Å². The molecule has 84 valence electrons. The summed E-state index contributed by atoms with van der Waals surface area (Å²) in [6.45, 7) is 6.74. The summed E-state index contributed by atoms with van der Waals surface area (Å²) in [5, 5.41) is 0. The quantitative estimate of drug-likeness (QED) is 0.517. The van der Waals surface area contributed by atoms with E-state index in [4.69, 9.17) is 8.92 Å². The highest BCUT2D eigenvalue weighted by atomic mass is 32.2. The van der Waals surface area contributed by atoms with Crippen LogP contribution in [-0.4, -0.2) is 33.5 Å². The Labute approximate surface area is 85.7 Å². The second-order valence-corrected chi connectivity index (χ2v) is 6.59. The molecule has 14 heavy (non-hydrogen) atoms. The molecule has 1 rings (SSSR count). The van der Waals surface area contributed by atoms with Crippen molar-refractivity contribution < 1.29 is 17.3 Å². The van der Waals surface area contributed by atoms with Gasteiger partial charge in [-0.15, -0.1) is 0 Å². The molecule has 1 atom stereocenters. The lowest BCUT2D eigenvalue weighted by Gasteiger charge is -2.17. The first-order chi connectivity index (χ1) is 6.29. The van der Waals surface area contributed by atoms with Crippen LogP contribution in [0.15, 0.2) is 0 Å². The molecule has 0 spiro atoms. The number of ether oxygens (including phenoxy) is 1. The smallest absolute Gasteiger partial charge is 0.267 e. The van der Waals surface area contributed by atoms with E-state index < -0.39 is 10.1 Å². The molecular weight excluding hydrogens is 204 g/mol. The largest absolute Gasteiger partial charge is 0.373 e. The van der Waals surface area contributed by atoms with Crippen LogP contribution in [0.25, 0.3) is 0 Å². The first kappa shape index (κ1) is 11.9. The Bertz CT molecular complexity index is 272. The summed E-state index contributed by atoms with van der Waals surface area (Å²) in [5.74, 6) is 0.0632. The third-order valence-corrected chi connectivity index (χ3v) is 2.98. The van der Waals surface area contributed by atoms with Crippen molar-refractivity contribution in [3.63, 3.8) is 0 Å². The molecule has 0 N–H and O–H groups in total. The van der Waals surface area contributed by atoms with E-state index in [0.717, 1.165) is 0 Å². The number of epoxide rings is 1. The van der Waals surface area contributed by atoms with E-state index in [9.17, 15) is 8.42 Å². The van der Waals surface area contributed by atoms with Crippen LogP contribution in [0.5, 0.6) is 0 Å². The summed E-state index contributed by atoms with van der Waals surface area (Å²) in [5.41, 5.74) is -0.122. The Hall–Kier alpha value is -0.130. The van der Waals surface area contributed by atoms with Crippen LogP contribution in [0.2, 0.25) is 0 Å². The average molecular weight is 222 g/mol. The van der Waals surface area contributed by atoms with E-state index in [0.29, 0.717) is 13.0 Å². The van der Waals surface area contributed by atoms with E-state index in [-0.39, 0.29) is 23.9 Å². The normalized spacial score (nSPS) is 22.4. The predicted molar refractivity (Wildman–Crippen MR) is 53.6 cm³/mol. The minimum atomic E-state index is -3.35. The fourth-order valence-corrected chi connectivity index (χ4v) is 2.04. The van der Waals surface area contributed by atoms with Crippen LogP contribution in [-0.2, 0) is 19.0 Å². The number of hydrogen-bond donors (Lipinski definition) is 0. The first-order valence-corrected chi connectivity index (χ1v) is 6.35. The lowest BCUT2D eigenvalue weighted by Crippen LogP contribution is -2.20. The van der Waals surface area contributed by atoms with E-state index in [1.807, 2.05) is 20.8 Å². The van der Waals surface area contributed by atoms with Gasteiger partial charge in [0.2, 0.25) is 0 Å². The molecule has 0 amide bonds. The van der Waals surface area contributed by atoms with Crippen molar-refractivity contribution in [1.29, 1.82) is 0 Å². The van der Waals surface area contributed by atoms with Crippen molar-refractivity contribution in [2.24, 2.45) is 5.41 Å². The van der Waals surface area contributed by atoms with Gasteiger partial charge in [-0.2, -0.15) is 8.42 Å². The molecule has 0 bridgehead atoms. The molecule has 1 saturated heterocycles. The van der Waals surface area contributed by atoms with Crippen LogP contribution >= 0.6 is 0 Å². The molecule has 4 nitrogen and oxygen atoms in total. The van der Waals surface area contributed by atoms with Crippen molar-refractivity contribution in [2.45, 2.75) is 33.3 Å². The lowest BCUT2D eigenvalue weighted by atomic mass is 9.99. The monoisotopic (exact) mass is 222 g/mol. The summed E-state index contributed by atoms with van der Waals surface area (Å²) < 4.78 is 32.5. The first-order valence-electron chi connectivity index (χ1n) is 4.77. The average Bonchev–Trinajstić information content (AvgIpc) is 2.79. The van der Waals surface area contributed by atoms with Gasteiger partial charge in [0.05, 0.1) is 25.1 Å². The second-order valence-electron chi connectivity index (χ2n) is 4.83.